The van der Waals surface area contributed by atoms with Gasteiger partial charge in [0.05, 0.1) is 0 Å². The predicted molar refractivity (Wildman–Crippen MR) is 90.3 cm³/mol. The van der Waals surface area contributed by atoms with E-state index in [1.807, 2.05) is 24.3 Å². The average molecular weight is 378 g/mol. The largest absolute Gasteiger partial charge is 0.314 e. The van der Waals surface area contributed by atoms with Crippen LogP contribution in [0.3, 0.4) is 0 Å². The summed E-state index contributed by atoms with van der Waals surface area (Å²) in [4.78, 5) is 0. The van der Waals surface area contributed by atoms with Gasteiger partial charge in [0.15, 0.2) is 0 Å². The maximum atomic E-state index is 12.1. The van der Waals surface area contributed by atoms with E-state index in [0.29, 0.717) is 12.6 Å². The maximum absolute atomic E-state index is 12.1. The molecule has 0 saturated carbocycles. The van der Waals surface area contributed by atoms with Gasteiger partial charge in [0.2, 0.25) is 0 Å². The molecule has 0 heterocycles. The van der Waals surface area contributed by atoms with Crippen LogP contribution in [0.15, 0.2) is 28.7 Å². The Kier molecular flexibility index (Phi) is 7.83. The van der Waals surface area contributed by atoms with Crippen LogP contribution in [-0.2, 0) is 16.8 Å². The molecule has 1 aromatic rings. The van der Waals surface area contributed by atoms with Crippen molar-refractivity contribution in [2.45, 2.75) is 32.9 Å². The van der Waals surface area contributed by atoms with Gasteiger partial charge < -0.3 is 5.32 Å². The smallest absolute Gasteiger partial charge is 0.279 e. The molecule has 120 valence electrons. The SMILES string of the molecule is CC(C)NCCCN(C)S(=O)(=O)NCc1cccc(Br)c1. The number of hydrogen-bond donors (Lipinski definition) is 2. The predicted octanol–water partition coefficient (Wildman–Crippen LogP) is 2.10. The van der Waals surface area contributed by atoms with Crippen molar-refractivity contribution in [1.82, 2.24) is 14.3 Å². The van der Waals surface area contributed by atoms with E-state index in [1.165, 1.54) is 4.31 Å². The number of rotatable bonds is 9. The minimum Gasteiger partial charge on any atom is -0.314 e. The fourth-order valence-electron chi connectivity index (χ4n) is 1.74. The zero-order valence-corrected chi connectivity index (χ0v) is 15.2. The fraction of sp³-hybridized carbons (Fsp3) is 0.571. The van der Waals surface area contributed by atoms with Gasteiger partial charge >= 0.3 is 0 Å². The molecule has 7 heteroatoms. The molecule has 0 unspecified atom stereocenters. The average Bonchev–Trinajstić information content (AvgIpc) is 2.41. The zero-order valence-electron chi connectivity index (χ0n) is 12.8. The number of nitrogens with one attached hydrogen (secondary N) is 2. The second-order valence-corrected chi connectivity index (χ2v) is 8.02. The molecule has 0 fully saturated rings. The second-order valence-electron chi connectivity index (χ2n) is 5.24. The molecule has 1 rings (SSSR count). The van der Waals surface area contributed by atoms with Crippen LogP contribution in [0.5, 0.6) is 0 Å². The third-order valence-corrected chi connectivity index (χ3v) is 4.97. The first-order valence-electron chi connectivity index (χ1n) is 7.00. The highest BCUT2D eigenvalue weighted by Gasteiger charge is 2.16. The highest BCUT2D eigenvalue weighted by atomic mass is 79.9. The highest BCUT2D eigenvalue weighted by molar-refractivity contribution is 9.10. The Morgan fingerprint density at radius 2 is 2.05 bits per heavy atom. The second kappa shape index (κ2) is 8.85. The molecule has 2 N–H and O–H groups in total. The van der Waals surface area contributed by atoms with Crippen molar-refractivity contribution in [3.8, 4) is 0 Å². The summed E-state index contributed by atoms with van der Waals surface area (Å²) in [6.45, 7) is 5.73. The van der Waals surface area contributed by atoms with E-state index in [4.69, 9.17) is 0 Å². The fourth-order valence-corrected chi connectivity index (χ4v) is 3.13. The summed E-state index contributed by atoms with van der Waals surface area (Å²) in [5.74, 6) is 0. The molecule has 0 aromatic heterocycles. The van der Waals surface area contributed by atoms with Crippen LogP contribution >= 0.6 is 15.9 Å². The Balaban J connectivity index is 2.41. The Morgan fingerprint density at radius 3 is 2.67 bits per heavy atom. The van der Waals surface area contributed by atoms with Gasteiger partial charge in [-0.15, -0.1) is 0 Å². The molecule has 0 amide bonds. The van der Waals surface area contributed by atoms with Crippen LogP contribution in [-0.4, -0.2) is 38.9 Å². The van der Waals surface area contributed by atoms with E-state index in [1.54, 1.807) is 7.05 Å². The molecule has 0 aliphatic rings. The Bertz CT molecular complexity index is 535. The first-order valence-corrected chi connectivity index (χ1v) is 9.23. The van der Waals surface area contributed by atoms with Crippen molar-refractivity contribution in [3.63, 3.8) is 0 Å². The normalized spacial score (nSPS) is 12.3. The lowest BCUT2D eigenvalue weighted by molar-refractivity contribution is 0.439. The molecular weight excluding hydrogens is 354 g/mol. The lowest BCUT2D eigenvalue weighted by atomic mass is 10.2. The van der Waals surface area contributed by atoms with Gasteiger partial charge in [-0.25, -0.2) is 0 Å². The zero-order chi connectivity index (χ0) is 15.9. The van der Waals surface area contributed by atoms with Crippen molar-refractivity contribution in [2.75, 3.05) is 20.1 Å². The van der Waals surface area contributed by atoms with Crippen molar-refractivity contribution < 1.29 is 8.42 Å². The van der Waals surface area contributed by atoms with E-state index >= 15 is 0 Å². The molecular formula is C14H24BrN3O2S. The summed E-state index contributed by atoms with van der Waals surface area (Å²) in [5, 5.41) is 3.27. The van der Waals surface area contributed by atoms with Crippen LogP contribution < -0.4 is 10.0 Å². The Morgan fingerprint density at radius 1 is 1.33 bits per heavy atom. The van der Waals surface area contributed by atoms with Crippen LogP contribution in [0.25, 0.3) is 0 Å². The van der Waals surface area contributed by atoms with Gasteiger partial charge in [0.25, 0.3) is 10.2 Å². The molecule has 0 aliphatic carbocycles. The number of benzene rings is 1. The van der Waals surface area contributed by atoms with Gasteiger partial charge in [-0.3, -0.25) is 0 Å². The molecule has 0 atom stereocenters. The standard InChI is InChI=1S/C14H24BrN3O2S/c1-12(2)16-8-5-9-18(3)21(19,20)17-11-13-6-4-7-14(15)10-13/h4,6-7,10,12,16-17H,5,8-9,11H2,1-3H3. The van der Waals surface area contributed by atoms with E-state index < -0.39 is 10.2 Å². The van der Waals surface area contributed by atoms with E-state index in [2.05, 4.69) is 39.8 Å². The Labute approximate surface area is 136 Å². The maximum Gasteiger partial charge on any atom is 0.279 e. The highest BCUT2D eigenvalue weighted by Crippen LogP contribution is 2.11. The number of hydrogen-bond acceptors (Lipinski definition) is 3. The Hall–Kier alpha value is -0.470. The summed E-state index contributed by atoms with van der Waals surface area (Å²) < 4.78 is 29.1. The molecule has 5 nitrogen and oxygen atoms in total. The van der Waals surface area contributed by atoms with Crippen molar-refractivity contribution in [2.24, 2.45) is 0 Å². The molecule has 0 bridgehead atoms. The van der Waals surface area contributed by atoms with Crippen molar-refractivity contribution in [1.29, 1.82) is 0 Å². The topological polar surface area (TPSA) is 61.4 Å². The summed E-state index contributed by atoms with van der Waals surface area (Å²) in [7, 11) is -1.84. The van der Waals surface area contributed by atoms with Crippen molar-refractivity contribution >= 4 is 26.1 Å². The first-order chi connectivity index (χ1) is 9.81. The van der Waals surface area contributed by atoms with Gasteiger partial charge in [-0.2, -0.15) is 17.4 Å². The minimum absolute atomic E-state index is 0.288. The summed E-state index contributed by atoms with van der Waals surface area (Å²) in [6.07, 6.45) is 0.784. The summed E-state index contributed by atoms with van der Waals surface area (Å²) in [5.41, 5.74) is 0.919. The minimum atomic E-state index is -3.43. The van der Waals surface area contributed by atoms with E-state index in [9.17, 15) is 8.42 Å². The van der Waals surface area contributed by atoms with Crippen LogP contribution in [0, 0.1) is 0 Å². The quantitative estimate of drug-likeness (QED) is 0.647. The molecule has 0 saturated heterocycles. The van der Waals surface area contributed by atoms with Gasteiger partial charge in [-0.05, 0) is 30.7 Å². The molecule has 1 aromatic carbocycles. The van der Waals surface area contributed by atoms with Crippen LogP contribution in [0.2, 0.25) is 0 Å². The molecule has 0 spiro atoms. The van der Waals surface area contributed by atoms with Crippen molar-refractivity contribution in [3.05, 3.63) is 34.3 Å². The van der Waals surface area contributed by atoms with E-state index in [-0.39, 0.29) is 6.54 Å². The summed E-state index contributed by atoms with van der Waals surface area (Å²) >= 11 is 3.37. The monoisotopic (exact) mass is 377 g/mol. The lowest BCUT2D eigenvalue weighted by Crippen LogP contribution is -2.39. The molecule has 21 heavy (non-hydrogen) atoms. The van der Waals surface area contributed by atoms with Gasteiger partial charge in [-0.1, -0.05) is 41.9 Å². The number of halogens is 1. The first kappa shape index (κ1) is 18.6. The van der Waals surface area contributed by atoms with Gasteiger partial charge in [0.1, 0.15) is 0 Å². The van der Waals surface area contributed by atoms with Crippen LogP contribution in [0.1, 0.15) is 25.8 Å². The summed E-state index contributed by atoms with van der Waals surface area (Å²) in [6, 6.07) is 8.00. The number of nitrogens with zero attached hydrogens (tertiary/aromatic N) is 1. The molecule has 0 aliphatic heterocycles. The van der Waals surface area contributed by atoms with Crippen LogP contribution in [0.4, 0.5) is 0 Å². The van der Waals surface area contributed by atoms with E-state index in [0.717, 1.165) is 23.0 Å². The molecule has 0 radical (unpaired) electrons. The third-order valence-electron chi connectivity index (χ3n) is 2.96. The lowest BCUT2D eigenvalue weighted by Gasteiger charge is -2.18. The third kappa shape index (κ3) is 7.37. The van der Waals surface area contributed by atoms with Gasteiger partial charge in [0, 0.05) is 30.7 Å².